The predicted octanol–water partition coefficient (Wildman–Crippen LogP) is 1.95. The van der Waals surface area contributed by atoms with Crippen molar-refractivity contribution in [3.8, 4) is 5.75 Å². The third-order valence-electron chi connectivity index (χ3n) is 2.81. The van der Waals surface area contributed by atoms with Crippen LogP contribution in [0.4, 0.5) is 5.69 Å². The quantitative estimate of drug-likeness (QED) is 0.729. The topological polar surface area (TPSA) is 55.5 Å². The summed E-state index contributed by atoms with van der Waals surface area (Å²) in [4.78, 5) is 0. The molecule has 3 N–H and O–H groups in total. The van der Waals surface area contributed by atoms with Gasteiger partial charge in [-0.15, -0.1) is 0 Å². The van der Waals surface area contributed by atoms with Crippen molar-refractivity contribution >= 4 is 5.69 Å². The standard InChI is InChI=1S/C12H17NO2/c13-9-4-3-5-10(8-9)15-12-7-2-1-6-11(12)14/h3-5,8,11-12,14H,1-2,6-7,13H2. The maximum Gasteiger partial charge on any atom is 0.124 e. The molecule has 1 aromatic carbocycles. The summed E-state index contributed by atoms with van der Waals surface area (Å²) in [6, 6.07) is 7.35. The average molecular weight is 207 g/mol. The minimum absolute atomic E-state index is 0.0689. The van der Waals surface area contributed by atoms with Crippen LogP contribution in [0.15, 0.2) is 24.3 Å². The third-order valence-corrected chi connectivity index (χ3v) is 2.81. The maximum atomic E-state index is 9.74. The van der Waals surface area contributed by atoms with Gasteiger partial charge in [-0.1, -0.05) is 12.5 Å². The molecule has 2 rings (SSSR count). The van der Waals surface area contributed by atoms with Gasteiger partial charge in [-0.3, -0.25) is 0 Å². The van der Waals surface area contributed by atoms with Gasteiger partial charge in [0.25, 0.3) is 0 Å². The lowest BCUT2D eigenvalue weighted by Crippen LogP contribution is -2.34. The smallest absolute Gasteiger partial charge is 0.124 e. The van der Waals surface area contributed by atoms with Crippen LogP contribution in [0.3, 0.4) is 0 Å². The molecule has 0 amide bonds. The molecule has 3 heteroatoms. The van der Waals surface area contributed by atoms with E-state index in [-0.39, 0.29) is 12.2 Å². The van der Waals surface area contributed by atoms with Crippen molar-refractivity contribution in [3.63, 3.8) is 0 Å². The summed E-state index contributed by atoms with van der Waals surface area (Å²) in [6.07, 6.45) is 3.59. The molecule has 1 aromatic rings. The lowest BCUT2D eigenvalue weighted by Gasteiger charge is -2.28. The summed E-state index contributed by atoms with van der Waals surface area (Å²) in [6.45, 7) is 0. The number of benzene rings is 1. The van der Waals surface area contributed by atoms with Gasteiger partial charge >= 0.3 is 0 Å². The first kappa shape index (κ1) is 10.3. The number of ether oxygens (including phenoxy) is 1. The van der Waals surface area contributed by atoms with E-state index in [2.05, 4.69) is 0 Å². The molecule has 3 nitrogen and oxygen atoms in total. The van der Waals surface area contributed by atoms with Gasteiger partial charge in [-0.2, -0.15) is 0 Å². The van der Waals surface area contributed by atoms with Gasteiger partial charge in [0, 0.05) is 11.8 Å². The van der Waals surface area contributed by atoms with Crippen molar-refractivity contribution in [2.45, 2.75) is 37.9 Å². The normalized spacial score (nSPS) is 26.2. The molecular weight excluding hydrogens is 190 g/mol. The summed E-state index contributed by atoms with van der Waals surface area (Å²) >= 11 is 0. The maximum absolute atomic E-state index is 9.74. The van der Waals surface area contributed by atoms with Crippen LogP contribution in [0.5, 0.6) is 5.75 Å². The van der Waals surface area contributed by atoms with Crippen molar-refractivity contribution in [1.29, 1.82) is 0 Å². The van der Waals surface area contributed by atoms with Crippen molar-refractivity contribution in [1.82, 2.24) is 0 Å². The van der Waals surface area contributed by atoms with Crippen LogP contribution in [0.1, 0.15) is 25.7 Å². The Bertz CT molecular complexity index is 327. The molecule has 1 fully saturated rings. The Balaban J connectivity index is 2.01. The zero-order chi connectivity index (χ0) is 10.7. The minimum atomic E-state index is -0.333. The second-order valence-electron chi connectivity index (χ2n) is 4.08. The molecule has 2 atom stereocenters. The van der Waals surface area contributed by atoms with Crippen molar-refractivity contribution in [3.05, 3.63) is 24.3 Å². The number of aliphatic hydroxyl groups is 1. The van der Waals surface area contributed by atoms with Gasteiger partial charge in [-0.05, 0) is 31.4 Å². The molecule has 0 saturated heterocycles. The van der Waals surface area contributed by atoms with Gasteiger partial charge in [0.05, 0.1) is 6.10 Å². The first-order valence-electron chi connectivity index (χ1n) is 5.46. The van der Waals surface area contributed by atoms with Crippen LogP contribution >= 0.6 is 0 Å². The van der Waals surface area contributed by atoms with E-state index in [4.69, 9.17) is 10.5 Å². The molecule has 0 spiro atoms. The number of hydrogen-bond acceptors (Lipinski definition) is 3. The summed E-state index contributed by atoms with van der Waals surface area (Å²) < 4.78 is 5.72. The fourth-order valence-electron chi connectivity index (χ4n) is 1.98. The highest BCUT2D eigenvalue weighted by Gasteiger charge is 2.24. The van der Waals surface area contributed by atoms with Gasteiger partial charge in [0.2, 0.25) is 0 Å². The molecule has 0 heterocycles. The predicted molar refractivity (Wildman–Crippen MR) is 59.7 cm³/mol. The first-order valence-corrected chi connectivity index (χ1v) is 5.46. The first-order chi connectivity index (χ1) is 7.25. The van der Waals surface area contributed by atoms with E-state index < -0.39 is 0 Å². The molecule has 0 bridgehead atoms. The number of nitrogen functional groups attached to an aromatic ring is 1. The fraction of sp³-hybridized carbons (Fsp3) is 0.500. The van der Waals surface area contributed by atoms with Gasteiger partial charge in [-0.25, -0.2) is 0 Å². The van der Waals surface area contributed by atoms with E-state index in [9.17, 15) is 5.11 Å². The highest BCUT2D eigenvalue weighted by Crippen LogP contribution is 2.24. The van der Waals surface area contributed by atoms with E-state index in [0.717, 1.165) is 31.4 Å². The zero-order valence-electron chi connectivity index (χ0n) is 8.73. The van der Waals surface area contributed by atoms with E-state index >= 15 is 0 Å². The average Bonchev–Trinajstić information content (AvgIpc) is 2.22. The lowest BCUT2D eigenvalue weighted by molar-refractivity contribution is 0.00691. The van der Waals surface area contributed by atoms with E-state index in [0.29, 0.717) is 5.69 Å². The van der Waals surface area contributed by atoms with Crippen molar-refractivity contribution < 1.29 is 9.84 Å². The second-order valence-corrected chi connectivity index (χ2v) is 4.08. The van der Waals surface area contributed by atoms with Crippen LogP contribution in [0, 0.1) is 0 Å². The molecule has 82 valence electrons. The van der Waals surface area contributed by atoms with E-state index in [1.54, 1.807) is 6.07 Å². The molecule has 1 aliphatic rings. The Labute approximate surface area is 89.9 Å². The molecule has 0 aromatic heterocycles. The molecule has 0 radical (unpaired) electrons. The number of nitrogens with two attached hydrogens (primary N) is 1. The zero-order valence-corrected chi connectivity index (χ0v) is 8.73. The Hall–Kier alpha value is -1.22. The fourth-order valence-corrected chi connectivity index (χ4v) is 1.98. The van der Waals surface area contributed by atoms with E-state index in [1.807, 2.05) is 18.2 Å². The van der Waals surface area contributed by atoms with Crippen molar-refractivity contribution in [2.24, 2.45) is 0 Å². The second kappa shape index (κ2) is 4.53. The van der Waals surface area contributed by atoms with Crippen LogP contribution in [-0.4, -0.2) is 17.3 Å². The monoisotopic (exact) mass is 207 g/mol. The Kier molecular flexibility index (Phi) is 3.11. The van der Waals surface area contributed by atoms with Crippen LogP contribution < -0.4 is 10.5 Å². The summed E-state index contributed by atoms with van der Waals surface area (Å²) in [5.74, 6) is 0.751. The van der Waals surface area contributed by atoms with Crippen molar-refractivity contribution in [2.75, 3.05) is 5.73 Å². The van der Waals surface area contributed by atoms with Gasteiger partial charge in [0.15, 0.2) is 0 Å². The Morgan fingerprint density at radius 3 is 2.80 bits per heavy atom. The molecule has 1 saturated carbocycles. The minimum Gasteiger partial charge on any atom is -0.488 e. The highest BCUT2D eigenvalue weighted by molar-refractivity contribution is 5.43. The lowest BCUT2D eigenvalue weighted by atomic mass is 9.95. The summed E-state index contributed by atoms with van der Waals surface area (Å²) in [7, 11) is 0. The number of hydrogen-bond donors (Lipinski definition) is 2. The number of anilines is 1. The van der Waals surface area contributed by atoms with Crippen LogP contribution in [0.25, 0.3) is 0 Å². The molecule has 1 aliphatic carbocycles. The summed E-state index contributed by atoms with van der Waals surface area (Å²) in [5, 5.41) is 9.74. The number of aliphatic hydroxyl groups excluding tert-OH is 1. The molecular formula is C12H17NO2. The van der Waals surface area contributed by atoms with Gasteiger partial charge in [0.1, 0.15) is 11.9 Å². The SMILES string of the molecule is Nc1cccc(OC2CCCCC2O)c1. The van der Waals surface area contributed by atoms with Crippen LogP contribution in [0.2, 0.25) is 0 Å². The largest absolute Gasteiger partial charge is 0.488 e. The van der Waals surface area contributed by atoms with Crippen LogP contribution in [-0.2, 0) is 0 Å². The third kappa shape index (κ3) is 2.63. The molecule has 0 aliphatic heterocycles. The highest BCUT2D eigenvalue weighted by atomic mass is 16.5. The molecule has 15 heavy (non-hydrogen) atoms. The summed E-state index contributed by atoms with van der Waals surface area (Å²) in [5.41, 5.74) is 6.35. The molecule has 2 unspecified atom stereocenters. The number of rotatable bonds is 2. The van der Waals surface area contributed by atoms with E-state index in [1.165, 1.54) is 0 Å². The Morgan fingerprint density at radius 1 is 1.27 bits per heavy atom. The van der Waals surface area contributed by atoms with Gasteiger partial charge < -0.3 is 15.6 Å². The Morgan fingerprint density at radius 2 is 2.07 bits per heavy atom.